The minimum atomic E-state index is -1.25. The first-order valence-electron chi connectivity index (χ1n) is 8.11. The Bertz CT molecular complexity index is 858. The minimum Gasteiger partial charge on any atom is -0.479 e. The van der Waals surface area contributed by atoms with Crippen LogP contribution in [0.5, 0.6) is 5.88 Å². The molecule has 0 unspecified atom stereocenters. The molecule has 0 bridgehead atoms. The molecule has 0 amide bonds. The summed E-state index contributed by atoms with van der Waals surface area (Å²) in [6.07, 6.45) is 0. The number of hydrogen-bond donors (Lipinski definition) is 4. The van der Waals surface area contributed by atoms with E-state index in [4.69, 9.17) is 45.6 Å². The van der Waals surface area contributed by atoms with Crippen LogP contribution in [0.15, 0.2) is 0 Å². The Hall–Kier alpha value is -2.37. The lowest BCUT2D eigenvalue weighted by molar-refractivity contribution is -0.139. The van der Waals surface area contributed by atoms with Gasteiger partial charge in [-0.3, -0.25) is 0 Å². The van der Waals surface area contributed by atoms with Gasteiger partial charge in [0.25, 0.3) is 0 Å². The number of pyridine rings is 1. The van der Waals surface area contributed by atoms with E-state index in [1.54, 1.807) is 0 Å². The number of nitrogen functional groups attached to an aromatic ring is 1. The Morgan fingerprint density at radius 1 is 1.17 bits per heavy atom. The molecule has 10 nitrogen and oxygen atoms in total. The summed E-state index contributed by atoms with van der Waals surface area (Å²) in [6.45, 7) is 6.02. The molecule has 0 atom stereocenters. The van der Waals surface area contributed by atoms with Gasteiger partial charge in [0.15, 0.2) is 6.61 Å². The predicted octanol–water partition coefficient (Wildman–Crippen LogP) is 3.35. The molecule has 0 saturated heterocycles. The summed E-state index contributed by atoms with van der Waals surface area (Å²) in [5.74, 6) is -1.73. The van der Waals surface area contributed by atoms with Gasteiger partial charge in [0.2, 0.25) is 29.0 Å². The van der Waals surface area contributed by atoms with E-state index in [2.05, 4.69) is 35.3 Å². The second-order valence-corrected chi connectivity index (χ2v) is 6.61. The molecule has 0 radical (unpaired) electrons. The Labute approximate surface area is 181 Å². The third kappa shape index (κ3) is 8.26. The van der Waals surface area contributed by atoms with Crippen LogP contribution in [0.4, 0.5) is 22.0 Å². The normalized spacial score (nSPS) is 10.2. The van der Waals surface area contributed by atoms with Gasteiger partial charge in [-0.25, -0.2) is 4.79 Å². The Morgan fingerprint density at radius 2 is 1.79 bits per heavy atom. The molecule has 2 heterocycles. The van der Waals surface area contributed by atoms with Gasteiger partial charge in [-0.15, -0.1) is 0 Å². The average Bonchev–Trinajstić information content (AvgIpc) is 2.61. The maximum absolute atomic E-state index is 12.9. The number of carboxylic acids is 1. The molecule has 29 heavy (non-hydrogen) atoms. The number of aliphatic carboxylic acids is 1. The van der Waals surface area contributed by atoms with Crippen molar-refractivity contribution in [2.75, 3.05) is 29.5 Å². The van der Waals surface area contributed by atoms with Crippen molar-refractivity contribution in [1.82, 2.24) is 19.9 Å². The topological polar surface area (TPSA) is 148 Å². The molecule has 0 saturated carbocycles. The smallest absolute Gasteiger partial charge is 0.341 e. The first-order valence-corrected chi connectivity index (χ1v) is 9.25. The Morgan fingerprint density at radius 3 is 2.34 bits per heavy atom. The number of nitrogens with two attached hydrogens (primary N) is 1. The number of aromatic nitrogens is 4. The van der Waals surface area contributed by atoms with Crippen LogP contribution in [0.1, 0.15) is 20.8 Å². The van der Waals surface area contributed by atoms with Crippen molar-refractivity contribution in [3.05, 3.63) is 21.3 Å². The summed E-state index contributed by atoms with van der Waals surface area (Å²) < 4.78 is 17.5. The second-order valence-electron chi connectivity index (χ2n) is 5.51. The highest BCUT2D eigenvalue weighted by molar-refractivity contribution is 6.39. The van der Waals surface area contributed by atoms with E-state index >= 15 is 0 Å². The van der Waals surface area contributed by atoms with E-state index in [0.29, 0.717) is 11.9 Å². The maximum Gasteiger partial charge on any atom is 0.341 e. The van der Waals surface area contributed by atoms with Crippen LogP contribution in [0, 0.1) is 5.95 Å². The number of carboxylic acid groups (broad SMARTS) is 1. The number of nitrogens with zero attached hydrogens (tertiary/aromatic N) is 4. The molecular formula is C15H19Cl3FN7O3. The number of halogens is 4. The summed E-state index contributed by atoms with van der Waals surface area (Å²) in [4.78, 5) is 25.4. The summed E-state index contributed by atoms with van der Waals surface area (Å²) in [5, 5.41) is 13.9. The quantitative estimate of drug-likeness (QED) is 0.444. The van der Waals surface area contributed by atoms with E-state index in [1.165, 1.54) is 0 Å². The zero-order valence-corrected chi connectivity index (χ0v) is 17.9. The Kier molecular flexibility index (Phi) is 9.86. The van der Waals surface area contributed by atoms with Gasteiger partial charge in [0.1, 0.15) is 10.0 Å². The van der Waals surface area contributed by atoms with Crippen molar-refractivity contribution < 1.29 is 19.0 Å². The van der Waals surface area contributed by atoms with E-state index < -0.39 is 29.4 Å². The van der Waals surface area contributed by atoms with E-state index in [-0.39, 0.29) is 22.0 Å². The number of ether oxygens (including phenoxy) is 1. The summed E-state index contributed by atoms with van der Waals surface area (Å²) in [5.41, 5.74) is 5.07. The largest absolute Gasteiger partial charge is 0.479 e. The van der Waals surface area contributed by atoms with Crippen LogP contribution >= 0.6 is 34.8 Å². The number of rotatable bonds is 7. The van der Waals surface area contributed by atoms with E-state index in [1.807, 2.05) is 20.8 Å². The molecule has 0 spiro atoms. The number of anilines is 3. The van der Waals surface area contributed by atoms with Crippen molar-refractivity contribution in [2.45, 2.75) is 26.8 Å². The predicted molar refractivity (Wildman–Crippen MR) is 110 cm³/mol. The van der Waals surface area contributed by atoms with Crippen molar-refractivity contribution in [3.63, 3.8) is 0 Å². The van der Waals surface area contributed by atoms with Gasteiger partial charge in [-0.1, -0.05) is 23.2 Å². The SMILES string of the molecule is CCNc1nc(Cl)nc(NC(C)C)n1.Nc1c(Cl)c(F)nc(OCC(=O)O)c1Cl. The van der Waals surface area contributed by atoms with Gasteiger partial charge < -0.3 is 26.2 Å². The van der Waals surface area contributed by atoms with Gasteiger partial charge in [0.05, 0.1) is 5.69 Å². The number of carbonyl (C=O) groups is 1. The molecule has 0 aliphatic carbocycles. The van der Waals surface area contributed by atoms with Crippen LogP contribution in [0.25, 0.3) is 0 Å². The van der Waals surface area contributed by atoms with Crippen molar-refractivity contribution in [3.8, 4) is 5.88 Å². The second kappa shape index (κ2) is 11.6. The fraction of sp³-hybridized carbons (Fsp3) is 0.400. The van der Waals surface area contributed by atoms with Crippen molar-refractivity contribution >= 4 is 58.4 Å². The molecule has 0 aliphatic rings. The van der Waals surface area contributed by atoms with Crippen LogP contribution < -0.4 is 21.1 Å². The van der Waals surface area contributed by atoms with Gasteiger partial charge in [-0.05, 0) is 32.4 Å². The third-order valence-corrected chi connectivity index (χ3v) is 3.63. The zero-order valence-electron chi connectivity index (χ0n) is 15.6. The van der Waals surface area contributed by atoms with Gasteiger partial charge in [0, 0.05) is 12.6 Å². The van der Waals surface area contributed by atoms with Gasteiger partial charge >= 0.3 is 5.97 Å². The molecule has 2 aromatic heterocycles. The molecule has 5 N–H and O–H groups in total. The molecule has 0 fully saturated rings. The molecule has 2 aromatic rings. The van der Waals surface area contributed by atoms with Crippen LogP contribution in [-0.4, -0.2) is 50.2 Å². The van der Waals surface area contributed by atoms with Crippen LogP contribution in [0.3, 0.4) is 0 Å². The molecule has 2 rings (SSSR count). The highest BCUT2D eigenvalue weighted by atomic mass is 35.5. The van der Waals surface area contributed by atoms with Crippen molar-refractivity contribution in [1.29, 1.82) is 0 Å². The minimum absolute atomic E-state index is 0.194. The molecule has 0 aromatic carbocycles. The summed E-state index contributed by atoms with van der Waals surface area (Å²) in [6, 6.07) is 0.267. The van der Waals surface area contributed by atoms with Crippen LogP contribution in [0.2, 0.25) is 15.3 Å². The molecule has 0 aliphatic heterocycles. The number of nitrogens with one attached hydrogen (secondary N) is 2. The standard InChI is InChI=1S/C8H14ClN5.C7H5Cl2FN2O3/c1-4-10-7-12-6(9)13-8(14-7)11-5(2)3;8-3-5(11)4(9)7(12-6(3)10)15-1-2(13)14/h5H,4H2,1-3H3,(H2,10,11,12,13,14);1H2,(H2,11,12)(H,13,14). The van der Waals surface area contributed by atoms with Crippen molar-refractivity contribution in [2.24, 2.45) is 0 Å². The summed E-state index contributed by atoms with van der Waals surface area (Å²) >= 11 is 16.7. The monoisotopic (exact) mass is 469 g/mol. The maximum atomic E-state index is 12.9. The summed E-state index contributed by atoms with van der Waals surface area (Å²) in [7, 11) is 0. The molecule has 14 heteroatoms. The first-order chi connectivity index (χ1) is 13.5. The lowest BCUT2D eigenvalue weighted by Crippen LogP contribution is -2.14. The fourth-order valence-corrected chi connectivity index (χ4v) is 2.18. The third-order valence-electron chi connectivity index (χ3n) is 2.73. The highest BCUT2D eigenvalue weighted by Gasteiger charge is 2.16. The van der Waals surface area contributed by atoms with Gasteiger partial charge in [-0.2, -0.15) is 24.3 Å². The lowest BCUT2D eigenvalue weighted by Gasteiger charge is -2.09. The molecular weight excluding hydrogens is 452 g/mol. The zero-order chi connectivity index (χ0) is 22.1. The Balaban J connectivity index is 0.000000291. The van der Waals surface area contributed by atoms with Crippen LogP contribution in [-0.2, 0) is 4.79 Å². The van der Waals surface area contributed by atoms with E-state index in [0.717, 1.165) is 6.54 Å². The number of hydrogen-bond acceptors (Lipinski definition) is 9. The highest BCUT2D eigenvalue weighted by Crippen LogP contribution is 2.35. The lowest BCUT2D eigenvalue weighted by atomic mass is 10.4. The molecule has 160 valence electrons. The average molecular weight is 471 g/mol. The fourth-order valence-electron chi connectivity index (χ4n) is 1.65. The van der Waals surface area contributed by atoms with E-state index in [9.17, 15) is 9.18 Å². The first kappa shape index (κ1) is 24.7.